The standard InChI is InChI=1S/C25H27N5O3S.C20H23N5O2.C18H17N5O2/c1-34(2,32)16-19-6-3-5-18(13-19)15-30-17-26-23-22(20-7-4-8-21(31)14-20)27-25(28-24(23)30)29-9-11-33-12-10-29;26-16-7-3-4-14(12-16)17-18-19(25(13-21-18)15-5-1-2-6-15)23-20(22-17)24-8-10-27-11-9-24;1-2-6-23-12-19-16-15(13-4-3-5-14(24)11-13)20-18(21-17(16)23)22-7-9-25-10-8-22/h3-8,13-14,17,31H,1,9-12,15-16H2,2H3;3-4,7,12-13,15,26H,1-2,5-6,8-11H2;1,3-5,11-12,24H,6-10H2. The van der Waals surface area contributed by atoms with Crippen molar-refractivity contribution in [2.24, 2.45) is 0 Å². The number of rotatable bonds is 12. The van der Waals surface area contributed by atoms with E-state index in [0.29, 0.717) is 124 Å². The fourth-order valence-electron chi connectivity index (χ4n) is 11.2. The average Bonchev–Trinajstić information content (AvgIpc) is 2.15. The van der Waals surface area contributed by atoms with E-state index in [1.807, 2.05) is 57.9 Å². The minimum atomic E-state index is -2.12. The van der Waals surface area contributed by atoms with Crippen LogP contribution in [0.25, 0.3) is 67.3 Å². The summed E-state index contributed by atoms with van der Waals surface area (Å²) in [5.41, 5.74) is 11.0. The van der Waals surface area contributed by atoms with Gasteiger partial charge in [0, 0.05) is 74.0 Å². The summed E-state index contributed by atoms with van der Waals surface area (Å²) in [5.74, 6) is 9.36. The number of hydrogen-bond acceptors (Lipinski definition) is 19. The molecule has 4 fully saturated rings. The number of hydrogen-bond donors (Lipinski definition) is 3. The molecule has 0 radical (unpaired) electrons. The Hall–Kier alpha value is -9.21. The maximum atomic E-state index is 12.2. The Kier molecular flexibility index (Phi) is 17.0. The van der Waals surface area contributed by atoms with Crippen molar-refractivity contribution >= 4 is 66.7 Å². The zero-order valence-corrected chi connectivity index (χ0v) is 48.7. The minimum Gasteiger partial charge on any atom is -0.508 e. The van der Waals surface area contributed by atoms with E-state index in [2.05, 4.69) is 57.1 Å². The highest BCUT2D eigenvalue weighted by Gasteiger charge is 2.26. The summed E-state index contributed by atoms with van der Waals surface area (Å²) in [6.45, 7) is 9.30. The van der Waals surface area contributed by atoms with Crippen molar-refractivity contribution in [3.63, 3.8) is 0 Å². The zero-order valence-electron chi connectivity index (χ0n) is 47.9. The van der Waals surface area contributed by atoms with Crippen molar-refractivity contribution in [2.45, 2.75) is 50.6 Å². The Morgan fingerprint density at radius 3 is 1.41 bits per heavy atom. The number of phenols is 3. The predicted molar refractivity (Wildman–Crippen MR) is 333 cm³/mol. The van der Waals surface area contributed by atoms with Gasteiger partial charge in [0.15, 0.2) is 16.9 Å². The van der Waals surface area contributed by atoms with E-state index in [1.54, 1.807) is 67.4 Å². The number of phenolic OH excluding ortho intramolecular Hbond substituents is 3. The van der Waals surface area contributed by atoms with Gasteiger partial charge in [-0.15, -0.1) is 6.42 Å². The molecule has 4 aliphatic rings. The number of aromatic hydroxyl groups is 3. The fourth-order valence-corrected chi connectivity index (χ4v) is 12.1. The molecule has 14 rings (SSSR count). The molecule has 1 aliphatic carbocycles. The minimum absolute atomic E-state index is 0.173. The van der Waals surface area contributed by atoms with Crippen LogP contribution in [0.3, 0.4) is 0 Å². The molecule has 1 saturated carbocycles. The third-order valence-corrected chi connectivity index (χ3v) is 16.3. The molecule has 23 heteroatoms. The maximum absolute atomic E-state index is 12.2. The highest BCUT2D eigenvalue weighted by atomic mass is 32.2. The van der Waals surface area contributed by atoms with Gasteiger partial charge in [-0.1, -0.05) is 79.4 Å². The lowest BCUT2D eigenvalue weighted by Crippen LogP contribution is -2.37. The quantitative estimate of drug-likeness (QED) is 0.0781. The first-order valence-corrected chi connectivity index (χ1v) is 31.1. The normalized spacial score (nSPS) is 16.3. The van der Waals surface area contributed by atoms with E-state index in [0.717, 1.165) is 76.5 Å². The van der Waals surface area contributed by atoms with Crippen LogP contribution < -0.4 is 14.7 Å². The van der Waals surface area contributed by atoms with Gasteiger partial charge < -0.3 is 57.9 Å². The lowest BCUT2D eigenvalue weighted by molar-refractivity contribution is 0.122. The topological polar surface area (TPSA) is 246 Å². The number of benzene rings is 4. The third kappa shape index (κ3) is 13.0. The van der Waals surface area contributed by atoms with Crippen LogP contribution in [0.15, 0.2) is 116 Å². The molecule has 86 heavy (non-hydrogen) atoms. The molecular formula is C63H67N15O7S. The number of aromatic nitrogens is 12. The Balaban J connectivity index is 0.000000128. The molecule has 10 aromatic rings. The molecule has 1 unspecified atom stereocenters. The monoisotopic (exact) mass is 1180 g/mol. The average molecular weight is 1180 g/mol. The maximum Gasteiger partial charge on any atom is 0.228 e. The highest BCUT2D eigenvalue weighted by molar-refractivity contribution is 7.98. The number of fused-ring (bicyclic) bond motifs is 3. The molecule has 3 aliphatic heterocycles. The number of nitrogens with zero attached hydrogens (tertiary/aromatic N) is 15. The first-order valence-electron chi connectivity index (χ1n) is 28.8. The molecule has 1 atom stereocenters. The second-order valence-corrected chi connectivity index (χ2v) is 24.4. The van der Waals surface area contributed by atoms with Crippen LogP contribution in [0.2, 0.25) is 0 Å². The van der Waals surface area contributed by atoms with Crippen molar-refractivity contribution in [2.75, 3.05) is 99.9 Å². The Morgan fingerprint density at radius 1 is 0.547 bits per heavy atom. The van der Waals surface area contributed by atoms with Gasteiger partial charge in [-0.05, 0) is 75.8 Å². The van der Waals surface area contributed by atoms with Gasteiger partial charge >= 0.3 is 0 Å². The van der Waals surface area contributed by atoms with Crippen LogP contribution in [-0.2, 0) is 42.6 Å². The summed E-state index contributed by atoms with van der Waals surface area (Å²) in [5, 5.41) is 29.8. The summed E-state index contributed by atoms with van der Waals surface area (Å²) in [4.78, 5) is 49.0. The van der Waals surface area contributed by atoms with Gasteiger partial charge in [0.2, 0.25) is 17.8 Å². The third-order valence-electron chi connectivity index (χ3n) is 15.4. The van der Waals surface area contributed by atoms with Crippen LogP contribution >= 0.6 is 0 Å². The zero-order chi connectivity index (χ0) is 59.2. The van der Waals surface area contributed by atoms with E-state index >= 15 is 0 Å². The molecular weight excluding hydrogens is 1110 g/mol. The number of morpholine rings is 3. The van der Waals surface area contributed by atoms with Crippen molar-refractivity contribution in [1.29, 1.82) is 0 Å². The molecule has 4 aromatic carbocycles. The Bertz CT molecular complexity index is 4190. The van der Waals surface area contributed by atoms with E-state index in [1.165, 1.54) is 25.7 Å². The molecule has 9 heterocycles. The largest absolute Gasteiger partial charge is 0.508 e. The van der Waals surface area contributed by atoms with E-state index in [-0.39, 0.29) is 17.2 Å². The highest BCUT2D eigenvalue weighted by Crippen LogP contribution is 2.36. The Labute approximate surface area is 497 Å². The van der Waals surface area contributed by atoms with Crippen molar-refractivity contribution in [3.05, 3.63) is 127 Å². The summed E-state index contributed by atoms with van der Waals surface area (Å²) in [6, 6.07) is 29.7. The van der Waals surface area contributed by atoms with E-state index in [9.17, 15) is 19.5 Å². The van der Waals surface area contributed by atoms with Crippen LogP contribution in [-0.4, -0.2) is 169 Å². The summed E-state index contributed by atoms with van der Waals surface area (Å²) in [6.07, 6.45) is 17.3. The van der Waals surface area contributed by atoms with Crippen LogP contribution in [0, 0.1) is 12.3 Å². The lowest BCUT2D eigenvalue weighted by Gasteiger charge is -2.27. The van der Waals surface area contributed by atoms with E-state index in [4.69, 9.17) is 45.6 Å². The van der Waals surface area contributed by atoms with Crippen molar-refractivity contribution in [1.82, 2.24) is 58.6 Å². The smallest absolute Gasteiger partial charge is 0.228 e. The van der Waals surface area contributed by atoms with Gasteiger partial charge in [0.25, 0.3) is 0 Å². The molecule has 6 aromatic heterocycles. The first kappa shape index (κ1) is 57.2. The molecule has 0 spiro atoms. The van der Waals surface area contributed by atoms with E-state index < -0.39 is 9.52 Å². The Morgan fingerprint density at radius 2 is 0.953 bits per heavy atom. The van der Waals surface area contributed by atoms with Crippen LogP contribution in [0.1, 0.15) is 42.9 Å². The summed E-state index contributed by atoms with van der Waals surface area (Å²) >= 11 is 0. The van der Waals surface area contributed by atoms with Gasteiger partial charge in [0.05, 0.1) is 71.7 Å². The number of anilines is 3. The first-order chi connectivity index (χ1) is 41.9. The second-order valence-electron chi connectivity index (χ2n) is 21.8. The summed E-state index contributed by atoms with van der Waals surface area (Å²) in [7, 11) is -2.12. The summed E-state index contributed by atoms with van der Waals surface area (Å²) < 4.78 is 34.6. The number of terminal acetylenes is 1. The number of ether oxygens (including phenoxy) is 3. The van der Waals surface area contributed by atoms with Crippen LogP contribution in [0.4, 0.5) is 17.8 Å². The molecule has 22 nitrogen and oxygen atoms in total. The van der Waals surface area contributed by atoms with Gasteiger partial charge in [-0.3, -0.25) is 4.21 Å². The van der Waals surface area contributed by atoms with Gasteiger partial charge in [-0.25, -0.2) is 29.9 Å². The molecule has 3 saturated heterocycles. The predicted octanol–water partition coefficient (Wildman–Crippen LogP) is 7.75. The van der Waals surface area contributed by atoms with Crippen LogP contribution in [0.5, 0.6) is 17.2 Å². The molecule has 0 bridgehead atoms. The fraction of sp³-hybridized carbons (Fsp3) is 0.333. The van der Waals surface area contributed by atoms with Crippen molar-refractivity contribution < 1.29 is 33.7 Å². The second kappa shape index (κ2) is 25.6. The van der Waals surface area contributed by atoms with Gasteiger partial charge in [0.1, 0.15) is 50.9 Å². The molecule has 442 valence electrons. The number of imidazole rings is 3. The SMILES string of the molecule is C#CCn1cnc2c(-c3cccc(O)c3)nc(N3CCOCC3)nc21.C=S(C)(=O)Cc1cccc(Cn2cnc3c(-c4cccc(O)c4)nc(N4CCOCC4)nc32)c1.Oc1cccc(-c2nc(N3CCOCC3)nc3c2ncn3C2CCCC2)c1. The molecule has 0 amide bonds. The molecule has 3 N–H and O–H groups in total. The van der Waals surface area contributed by atoms with Gasteiger partial charge in [-0.2, -0.15) is 15.0 Å². The lowest BCUT2D eigenvalue weighted by atomic mass is 10.1. The van der Waals surface area contributed by atoms with Crippen molar-refractivity contribution in [3.8, 4) is 63.4 Å².